The molecule has 1 atom stereocenters. The van der Waals surface area contributed by atoms with E-state index in [1.54, 1.807) is 7.05 Å². The van der Waals surface area contributed by atoms with Gasteiger partial charge in [0.15, 0.2) is 5.96 Å². The van der Waals surface area contributed by atoms with Crippen LogP contribution in [0.25, 0.3) is 0 Å². The Labute approximate surface area is 145 Å². The number of hydrogen-bond acceptors (Lipinski definition) is 2. The van der Waals surface area contributed by atoms with Crippen LogP contribution in [0.1, 0.15) is 24.5 Å². The van der Waals surface area contributed by atoms with Crippen molar-refractivity contribution in [2.75, 3.05) is 33.2 Å². The molecule has 0 radical (unpaired) electrons. The van der Waals surface area contributed by atoms with Crippen LogP contribution in [0.15, 0.2) is 23.2 Å². The van der Waals surface area contributed by atoms with Crippen molar-refractivity contribution in [2.24, 2.45) is 10.9 Å². The summed E-state index contributed by atoms with van der Waals surface area (Å²) in [4.78, 5) is 6.40. The molecule has 25 heavy (non-hydrogen) atoms. The maximum absolute atomic E-state index is 13.1. The van der Waals surface area contributed by atoms with Crippen LogP contribution in [0.2, 0.25) is 0 Å². The number of alkyl halides is 3. The van der Waals surface area contributed by atoms with Gasteiger partial charge in [0.1, 0.15) is 5.82 Å². The Balaban J connectivity index is 1.91. The molecule has 1 saturated heterocycles. The van der Waals surface area contributed by atoms with Crippen molar-refractivity contribution < 1.29 is 17.6 Å². The average molecular weight is 360 g/mol. The van der Waals surface area contributed by atoms with Crippen LogP contribution in [0.5, 0.6) is 0 Å². The molecule has 1 fully saturated rings. The Kier molecular flexibility index (Phi) is 6.64. The molecule has 0 spiro atoms. The quantitative estimate of drug-likeness (QED) is 0.482. The van der Waals surface area contributed by atoms with Crippen molar-refractivity contribution in [3.63, 3.8) is 0 Å². The van der Waals surface area contributed by atoms with E-state index in [2.05, 4.69) is 27.4 Å². The molecule has 0 saturated carbocycles. The van der Waals surface area contributed by atoms with Gasteiger partial charge in [0.25, 0.3) is 0 Å². The van der Waals surface area contributed by atoms with Crippen molar-refractivity contribution in [3.05, 3.63) is 35.1 Å². The van der Waals surface area contributed by atoms with Gasteiger partial charge in [0, 0.05) is 26.7 Å². The Hall–Kier alpha value is -1.83. The Morgan fingerprint density at radius 3 is 2.68 bits per heavy atom. The normalized spacial score (nSPS) is 19.3. The summed E-state index contributed by atoms with van der Waals surface area (Å²) in [5.74, 6) is 0.0303. The first-order valence-corrected chi connectivity index (χ1v) is 8.36. The average Bonchev–Trinajstić information content (AvgIpc) is 3.03. The zero-order valence-electron chi connectivity index (χ0n) is 14.5. The maximum atomic E-state index is 13.1. The van der Waals surface area contributed by atoms with Gasteiger partial charge >= 0.3 is 6.18 Å². The summed E-state index contributed by atoms with van der Waals surface area (Å²) in [5, 5.41) is 6.02. The van der Waals surface area contributed by atoms with Crippen LogP contribution in [0, 0.1) is 11.7 Å². The summed E-state index contributed by atoms with van der Waals surface area (Å²) in [7, 11) is 1.57. The van der Waals surface area contributed by atoms with Crippen molar-refractivity contribution in [1.29, 1.82) is 0 Å². The van der Waals surface area contributed by atoms with Crippen LogP contribution in [-0.4, -0.2) is 44.1 Å². The van der Waals surface area contributed by atoms with Gasteiger partial charge in [0.2, 0.25) is 0 Å². The zero-order chi connectivity index (χ0) is 18.4. The van der Waals surface area contributed by atoms with Crippen LogP contribution in [0.4, 0.5) is 17.6 Å². The van der Waals surface area contributed by atoms with E-state index in [0.717, 1.165) is 38.2 Å². The molecule has 2 rings (SSSR count). The monoisotopic (exact) mass is 360 g/mol. The fourth-order valence-corrected chi connectivity index (χ4v) is 2.97. The second-order valence-electron chi connectivity index (χ2n) is 6.15. The van der Waals surface area contributed by atoms with E-state index in [0.29, 0.717) is 24.5 Å². The SMILES string of the molecule is CCN1CCC(CNC(=NC)NCc2ccc(F)cc2C(F)(F)F)C1. The fourth-order valence-electron chi connectivity index (χ4n) is 2.97. The number of guanidine groups is 1. The Morgan fingerprint density at radius 1 is 1.32 bits per heavy atom. The van der Waals surface area contributed by atoms with Gasteiger partial charge in [-0.05, 0) is 43.1 Å². The molecule has 0 aromatic heterocycles. The highest BCUT2D eigenvalue weighted by Crippen LogP contribution is 2.32. The summed E-state index contributed by atoms with van der Waals surface area (Å²) in [6.07, 6.45) is -3.50. The molecule has 1 unspecified atom stereocenters. The van der Waals surface area contributed by atoms with E-state index in [4.69, 9.17) is 0 Å². The molecule has 1 aromatic rings. The second kappa shape index (κ2) is 8.51. The van der Waals surface area contributed by atoms with Crippen LogP contribution in [-0.2, 0) is 12.7 Å². The van der Waals surface area contributed by atoms with Crippen LogP contribution in [0.3, 0.4) is 0 Å². The molecule has 1 aliphatic rings. The Morgan fingerprint density at radius 2 is 2.08 bits per heavy atom. The van der Waals surface area contributed by atoms with Crippen molar-refractivity contribution in [3.8, 4) is 0 Å². The summed E-state index contributed by atoms with van der Waals surface area (Å²) in [6, 6.07) is 2.69. The largest absolute Gasteiger partial charge is 0.416 e. The number of nitrogens with one attached hydrogen (secondary N) is 2. The smallest absolute Gasteiger partial charge is 0.356 e. The summed E-state index contributed by atoms with van der Waals surface area (Å²) in [5.41, 5.74) is -0.986. The van der Waals surface area contributed by atoms with E-state index >= 15 is 0 Å². The third-order valence-electron chi connectivity index (χ3n) is 4.42. The molecule has 8 heteroatoms. The lowest BCUT2D eigenvalue weighted by molar-refractivity contribution is -0.138. The molecular formula is C17H24F4N4. The molecule has 2 N–H and O–H groups in total. The zero-order valence-corrected chi connectivity index (χ0v) is 14.5. The molecule has 4 nitrogen and oxygen atoms in total. The number of halogens is 4. The first kappa shape index (κ1) is 19.5. The van der Waals surface area contributed by atoms with E-state index in [9.17, 15) is 17.6 Å². The minimum Gasteiger partial charge on any atom is -0.356 e. The van der Waals surface area contributed by atoms with Crippen molar-refractivity contribution in [1.82, 2.24) is 15.5 Å². The number of benzene rings is 1. The molecule has 140 valence electrons. The predicted octanol–water partition coefficient (Wildman–Crippen LogP) is 2.85. The van der Waals surface area contributed by atoms with Gasteiger partial charge in [-0.25, -0.2) is 4.39 Å². The number of aliphatic imine (C=N–C) groups is 1. The van der Waals surface area contributed by atoms with Crippen LogP contribution >= 0.6 is 0 Å². The third kappa shape index (κ3) is 5.59. The van der Waals surface area contributed by atoms with Gasteiger partial charge in [-0.2, -0.15) is 13.2 Å². The molecule has 0 amide bonds. The fraction of sp³-hybridized carbons (Fsp3) is 0.588. The van der Waals surface area contributed by atoms with Crippen molar-refractivity contribution >= 4 is 5.96 Å². The predicted molar refractivity (Wildman–Crippen MR) is 89.8 cm³/mol. The number of nitrogens with zero attached hydrogens (tertiary/aromatic N) is 2. The van der Waals surface area contributed by atoms with Crippen LogP contribution < -0.4 is 10.6 Å². The molecule has 1 heterocycles. The lowest BCUT2D eigenvalue weighted by atomic mass is 10.1. The van der Waals surface area contributed by atoms with Gasteiger partial charge in [-0.1, -0.05) is 13.0 Å². The van der Waals surface area contributed by atoms with Gasteiger partial charge in [-0.15, -0.1) is 0 Å². The van der Waals surface area contributed by atoms with Gasteiger partial charge in [0.05, 0.1) is 5.56 Å². The number of likely N-dealkylation sites (tertiary alicyclic amines) is 1. The summed E-state index contributed by atoms with van der Waals surface area (Å²) in [6.45, 7) is 5.85. The maximum Gasteiger partial charge on any atom is 0.416 e. The lowest BCUT2D eigenvalue weighted by Crippen LogP contribution is -2.40. The minimum absolute atomic E-state index is 0.0186. The van der Waals surface area contributed by atoms with Gasteiger partial charge < -0.3 is 15.5 Å². The summed E-state index contributed by atoms with van der Waals surface area (Å²) >= 11 is 0. The molecular weight excluding hydrogens is 336 g/mol. The molecule has 0 bridgehead atoms. The number of hydrogen-bond donors (Lipinski definition) is 2. The topological polar surface area (TPSA) is 39.7 Å². The first-order chi connectivity index (χ1) is 11.8. The van der Waals surface area contributed by atoms with Gasteiger partial charge in [-0.3, -0.25) is 4.99 Å². The van der Waals surface area contributed by atoms with E-state index in [1.165, 1.54) is 0 Å². The molecule has 1 aromatic carbocycles. The summed E-state index contributed by atoms with van der Waals surface area (Å²) < 4.78 is 52.2. The molecule has 0 aliphatic carbocycles. The molecule has 1 aliphatic heterocycles. The minimum atomic E-state index is -4.59. The number of rotatable bonds is 5. The Bertz CT molecular complexity index is 601. The van der Waals surface area contributed by atoms with E-state index in [1.807, 2.05) is 0 Å². The lowest BCUT2D eigenvalue weighted by Gasteiger charge is -2.18. The first-order valence-electron chi connectivity index (χ1n) is 8.36. The highest BCUT2D eigenvalue weighted by Gasteiger charge is 2.33. The van der Waals surface area contributed by atoms with Crippen molar-refractivity contribution in [2.45, 2.75) is 26.1 Å². The standard InChI is InChI=1S/C17H24F4N4/c1-3-25-7-6-12(11-25)9-23-16(22-2)24-10-13-4-5-14(18)8-15(13)17(19,20)21/h4-5,8,12H,3,6-7,9-11H2,1-2H3,(H2,22,23,24). The third-order valence-corrected chi connectivity index (χ3v) is 4.42. The van der Waals surface area contributed by atoms with E-state index < -0.39 is 17.6 Å². The second-order valence-corrected chi connectivity index (χ2v) is 6.15. The highest BCUT2D eigenvalue weighted by atomic mass is 19.4. The van der Waals surface area contributed by atoms with E-state index in [-0.39, 0.29) is 12.1 Å². The highest BCUT2D eigenvalue weighted by molar-refractivity contribution is 5.79.